The van der Waals surface area contributed by atoms with Crippen LogP contribution in [0.3, 0.4) is 0 Å². The number of H-pyrrole nitrogens is 1. The highest BCUT2D eigenvalue weighted by Crippen LogP contribution is 2.36. The van der Waals surface area contributed by atoms with Gasteiger partial charge in [-0.05, 0) is 41.8 Å². The number of benzene rings is 2. The van der Waals surface area contributed by atoms with Gasteiger partial charge in [-0.1, -0.05) is 30.3 Å². The van der Waals surface area contributed by atoms with Crippen LogP contribution in [0.2, 0.25) is 0 Å². The molecule has 0 saturated heterocycles. The summed E-state index contributed by atoms with van der Waals surface area (Å²) in [4.78, 5) is 0. The maximum atomic E-state index is 6.10. The molecule has 0 spiro atoms. The number of aromatic amines is 1. The van der Waals surface area contributed by atoms with Gasteiger partial charge in [0.2, 0.25) is 0 Å². The molecule has 5 heteroatoms. The predicted molar refractivity (Wildman–Crippen MR) is 100 cm³/mol. The van der Waals surface area contributed by atoms with Crippen molar-refractivity contribution in [3.05, 3.63) is 67.0 Å². The number of nitrogens with two attached hydrogens (primary N) is 1. The minimum Gasteiger partial charge on any atom is -0.491 e. The van der Waals surface area contributed by atoms with Gasteiger partial charge in [0.15, 0.2) is 5.82 Å². The number of nitrogen functional groups attached to an aromatic ring is 1. The zero-order valence-corrected chi connectivity index (χ0v) is 13.9. The van der Waals surface area contributed by atoms with Crippen LogP contribution < -0.4 is 10.5 Å². The Morgan fingerprint density at radius 3 is 2.60 bits per heavy atom. The number of hydrogen-bond donors (Lipinski definition) is 2. The van der Waals surface area contributed by atoms with Gasteiger partial charge in [-0.3, -0.25) is 5.10 Å². The second-order valence-electron chi connectivity index (χ2n) is 5.96. The molecule has 3 N–H and O–H groups in total. The average molecular weight is 332 g/mol. The molecular formula is C20H20N4O. The highest BCUT2D eigenvalue weighted by atomic mass is 16.5. The van der Waals surface area contributed by atoms with Crippen molar-refractivity contribution < 1.29 is 4.74 Å². The van der Waals surface area contributed by atoms with E-state index in [-0.39, 0.29) is 0 Å². The van der Waals surface area contributed by atoms with E-state index in [1.807, 2.05) is 42.5 Å². The lowest BCUT2D eigenvalue weighted by Gasteiger charge is -2.10. The number of aromatic nitrogens is 3. The normalized spacial score (nSPS) is 11.0. The number of fused-ring (bicyclic) bond motifs is 1. The molecule has 2 aromatic heterocycles. The Balaban J connectivity index is 1.56. The van der Waals surface area contributed by atoms with Crippen LogP contribution in [0.4, 0.5) is 5.82 Å². The summed E-state index contributed by atoms with van der Waals surface area (Å²) in [6.45, 7) is 1.57. The molecule has 25 heavy (non-hydrogen) atoms. The van der Waals surface area contributed by atoms with Crippen LogP contribution in [0.1, 0.15) is 6.42 Å². The molecule has 0 unspecified atom stereocenters. The monoisotopic (exact) mass is 332 g/mol. The van der Waals surface area contributed by atoms with Crippen LogP contribution in [0.15, 0.2) is 67.0 Å². The first-order chi connectivity index (χ1) is 12.3. The van der Waals surface area contributed by atoms with Crippen molar-refractivity contribution in [2.45, 2.75) is 13.0 Å². The summed E-state index contributed by atoms with van der Waals surface area (Å²) in [5.74, 6) is 1.28. The maximum absolute atomic E-state index is 6.10. The number of nitrogens with zero attached hydrogens (tertiary/aromatic N) is 2. The van der Waals surface area contributed by atoms with E-state index < -0.39 is 0 Å². The third kappa shape index (κ3) is 3.08. The van der Waals surface area contributed by atoms with Crippen molar-refractivity contribution in [2.24, 2.45) is 0 Å². The first-order valence-corrected chi connectivity index (χ1v) is 8.38. The van der Waals surface area contributed by atoms with Gasteiger partial charge in [-0.2, -0.15) is 5.10 Å². The molecule has 0 saturated carbocycles. The average Bonchev–Trinajstić information content (AvgIpc) is 3.30. The fourth-order valence-corrected chi connectivity index (χ4v) is 3.06. The molecule has 4 aromatic rings. The predicted octanol–water partition coefficient (Wildman–Crippen LogP) is 4.08. The van der Waals surface area contributed by atoms with E-state index >= 15 is 0 Å². The van der Waals surface area contributed by atoms with Crippen LogP contribution in [0.25, 0.3) is 22.0 Å². The topological polar surface area (TPSA) is 68.9 Å². The van der Waals surface area contributed by atoms with E-state index in [2.05, 4.69) is 39.3 Å². The largest absolute Gasteiger partial charge is 0.491 e. The molecule has 0 atom stereocenters. The lowest BCUT2D eigenvalue weighted by atomic mass is 10.0. The quantitative estimate of drug-likeness (QED) is 0.523. The first kappa shape index (κ1) is 15.3. The number of hydrogen-bond acceptors (Lipinski definition) is 3. The number of nitrogens with one attached hydrogen (secondary N) is 1. The Kier molecular flexibility index (Phi) is 4.12. The van der Waals surface area contributed by atoms with E-state index in [0.717, 1.165) is 40.7 Å². The van der Waals surface area contributed by atoms with Crippen LogP contribution in [0, 0.1) is 0 Å². The maximum Gasteiger partial charge on any atom is 0.153 e. The van der Waals surface area contributed by atoms with Crippen molar-refractivity contribution in [3.63, 3.8) is 0 Å². The fraction of sp³-hybridized carbons (Fsp3) is 0.150. The van der Waals surface area contributed by atoms with E-state index in [9.17, 15) is 0 Å². The summed E-state index contributed by atoms with van der Waals surface area (Å²) in [7, 11) is 0. The summed E-state index contributed by atoms with van der Waals surface area (Å²) in [6, 6.07) is 18.3. The number of rotatable bonds is 6. The zero-order chi connectivity index (χ0) is 17.1. The summed E-state index contributed by atoms with van der Waals surface area (Å²) in [5.41, 5.74) is 9.12. The van der Waals surface area contributed by atoms with E-state index in [0.29, 0.717) is 12.4 Å². The Morgan fingerprint density at radius 1 is 1.00 bits per heavy atom. The fourth-order valence-electron chi connectivity index (χ4n) is 3.06. The molecule has 0 radical (unpaired) electrons. The van der Waals surface area contributed by atoms with Gasteiger partial charge in [-0.25, -0.2) is 0 Å². The third-order valence-corrected chi connectivity index (χ3v) is 4.28. The van der Waals surface area contributed by atoms with Gasteiger partial charge in [0.1, 0.15) is 11.3 Å². The van der Waals surface area contributed by atoms with Gasteiger partial charge < -0.3 is 15.0 Å². The van der Waals surface area contributed by atoms with Gasteiger partial charge in [-0.15, -0.1) is 0 Å². The summed E-state index contributed by atoms with van der Waals surface area (Å²) in [6.07, 6.45) is 5.05. The number of aryl methyl sites for hydroxylation is 1. The van der Waals surface area contributed by atoms with Gasteiger partial charge in [0.25, 0.3) is 0 Å². The summed E-state index contributed by atoms with van der Waals surface area (Å²) >= 11 is 0. The standard InChI is InChI=1S/C20H20N4O/c21-20-18-16(15-7-2-1-3-8-15)9-10-17(19(18)22-23-20)25-14-6-13-24-11-4-5-12-24/h1-5,7-12H,6,13-14H2,(H3,21,22,23). The number of ether oxygens (including phenoxy) is 1. The first-order valence-electron chi connectivity index (χ1n) is 8.38. The second kappa shape index (κ2) is 6.73. The van der Waals surface area contributed by atoms with Gasteiger partial charge >= 0.3 is 0 Å². The van der Waals surface area contributed by atoms with Crippen LogP contribution >= 0.6 is 0 Å². The molecule has 0 aliphatic heterocycles. The molecule has 5 nitrogen and oxygen atoms in total. The van der Waals surface area contributed by atoms with Crippen molar-refractivity contribution in [1.29, 1.82) is 0 Å². The molecule has 2 heterocycles. The molecule has 4 rings (SSSR count). The SMILES string of the molecule is Nc1n[nH]c2c(OCCCn3cccc3)ccc(-c3ccccc3)c12. The molecule has 0 aliphatic carbocycles. The molecule has 126 valence electrons. The lowest BCUT2D eigenvalue weighted by Crippen LogP contribution is -2.03. The molecule has 0 fully saturated rings. The van der Waals surface area contributed by atoms with Crippen molar-refractivity contribution in [3.8, 4) is 16.9 Å². The van der Waals surface area contributed by atoms with Crippen LogP contribution in [-0.2, 0) is 6.54 Å². The molecule has 0 bridgehead atoms. The van der Waals surface area contributed by atoms with Crippen LogP contribution in [-0.4, -0.2) is 21.4 Å². The Labute approximate surface area is 146 Å². The highest BCUT2D eigenvalue weighted by molar-refractivity contribution is 6.04. The molecule has 0 aliphatic rings. The van der Waals surface area contributed by atoms with E-state index in [1.54, 1.807) is 0 Å². The summed E-state index contributed by atoms with van der Waals surface area (Å²) in [5, 5.41) is 8.11. The smallest absolute Gasteiger partial charge is 0.153 e. The third-order valence-electron chi connectivity index (χ3n) is 4.28. The zero-order valence-electron chi connectivity index (χ0n) is 13.9. The van der Waals surface area contributed by atoms with E-state index in [4.69, 9.17) is 10.5 Å². The molecule has 0 amide bonds. The minimum atomic E-state index is 0.492. The highest BCUT2D eigenvalue weighted by Gasteiger charge is 2.14. The second-order valence-corrected chi connectivity index (χ2v) is 5.96. The number of anilines is 1. The molecular weight excluding hydrogens is 312 g/mol. The van der Waals surface area contributed by atoms with E-state index in [1.165, 1.54) is 0 Å². The van der Waals surface area contributed by atoms with Crippen molar-refractivity contribution in [1.82, 2.24) is 14.8 Å². The minimum absolute atomic E-state index is 0.492. The van der Waals surface area contributed by atoms with Gasteiger partial charge in [0, 0.05) is 18.9 Å². The van der Waals surface area contributed by atoms with Crippen LogP contribution in [0.5, 0.6) is 5.75 Å². The molecule has 2 aromatic carbocycles. The Hall–Kier alpha value is -3.21. The van der Waals surface area contributed by atoms with Crippen molar-refractivity contribution in [2.75, 3.05) is 12.3 Å². The lowest BCUT2D eigenvalue weighted by molar-refractivity contribution is 0.304. The summed E-state index contributed by atoms with van der Waals surface area (Å²) < 4.78 is 8.13. The van der Waals surface area contributed by atoms with Crippen molar-refractivity contribution >= 4 is 16.7 Å². The Morgan fingerprint density at radius 2 is 1.80 bits per heavy atom. The van der Waals surface area contributed by atoms with Gasteiger partial charge in [0.05, 0.1) is 12.0 Å². The Bertz CT molecular complexity index is 958.